The molecule has 1 amide bonds. The van der Waals surface area contributed by atoms with Crippen molar-refractivity contribution in [2.45, 2.75) is 52.4 Å². The van der Waals surface area contributed by atoms with Gasteiger partial charge in [0.1, 0.15) is 0 Å². The van der Waals surface area contributed by atoms with Gasteiger partial charge in [0, 0.05) is 36.7 Å². The van der Waals surface area contributed by atoms with E-state index in [0.717, 1.165) is 19.3 Å². The van der Waals surface area contributed by atoms with Crippen LogP contribution in [-0.4, -0.2) is 33.9 Å². The molecular formula is C18H27N3O3. The minimum absolute atomic E-state index is 0.0398. The molecule has 132 valence electrons. The molecule has 2 fully saturated rings. The SMILES string of the molecule is CC1CC(C(=O)N2CCC(c3cc(=O)[nH]c(=O)[nH]3)C2)CC(C)(C)C1. The molecule has 6 nitrogen and oxygen atoms in total. The normalized spacial score (nSPS) is 29.6. The second-order valence-corrected chi connectivity index (χ2v) is 8.42. The first-order chi connectivity index (χ1) is 11.2. The fraction of sp³-hybridized carbons (Fsp3) is 0.722. The standard InChI is InChI=1S/C18H27N3O3/c1-11-6-13(9-18(2,3)8-11)16(23)21-5-4-12(10-21)14-7-15(22)20-17(24)19-14/h7,11-13H,4-6,8-10H2,1-3H3,(H2,19,20,22,24). The van der Waals surface area contributed by atoms with E-state index in [0.29, 0.717) is 24.7 Å². The minimum Gasteiger partial charge on any atom is -0.342 e. The van der Waals surface area contributed by atoms with E-state index in [1.54, 1.807) is 0 Å². The first kappa shape index (κ1) is 17.0. The lowest BCUT2D eigenvalue weighted by Gasteiger charge is -2.39. The number of H-pyrrole nitrogens is 2. The number of likely N-dealkylation sites (tertiary alicyclic amines) is 1. The fourth-order valence-corrected chi connectivity index (χ4v) is 4.71. The highest BCUT2D eigenvalue weighted by molar-refractivity contribution is 5.79. The highest BCUT2D eigenvalue weighted by atomic mass is 16.2. The summed E-state index contributed by atoms with van der Waals surface area (Å²) >= 11 is 0. The molecule has 2 N–H and O–H groups in total. The Bertz CT molecular complexity index is 705. The smallest absolute Gasteiger partial charge is 0.325 e. The molecule has 1 saturated heterocycles. The molecule has 0 radical (unpaired) electrons. The predicted octanol–water partition coefficient (Wildman–Crippen LogP) is 1.84. The predicted molar refractivity (Wildman–Crippen MR) is 91.9 cm³/mol. The fourth-order valence-electron chi connectivity index (χ4n) is 4.71. The minimum atomic E-state index is -0.481. The lowest BCUT2D eigenvalue weighted by molar-refractivity contribution is -0.137. The molecular weight excluding hydrogens is 306 g/mol. The van der Waals surface area contributed by atoms with E-state index in [1.165, 1.54) is 12.5 Å². The van der Waals surface area contributed by atoms with Gasteiger partial charge in [-0.15, -0.1) is 0 Å². The van der Waals surface area contributed by atoms with Crippen molar-refractivity contribution in [1.82, 2.24) is 14.9 Å². The number of rotatable bonds is 2. The van der Waals surface area contributed by atoms with Gasteiger partial charge in [0.2, 0.25) is 5.91 Å². The van der Waals surface area contributed by atoms with Crippen LogP contribution in [0.5, 0.6) is 0 Å². The third-order valence-corrected chi connectivity index (χ3v) is 5.46. The lowest BCUT2D eigenvalue weighted by Crippen LogP contribution is -2.40. The Morgan fingerprint density at radius 3 is 2.67 bits per heavy atom. The van der Waals surface area contributed by atoms with Crippen LogP contribution in [0.3, 0.4) is 0 Å². The summed E-state index contributed by atoms with van der Waals surface area (Å²) in [6.07, 6.45) is 3.87. The van der Waals surface area contributed by atoms with Crippen molar-refractivity contribution in [1.29, 1.82) is 0 Å². The zero-order chi connectivity index (χ0) is 17.5. The van der Waals surface area contributed by atoms with Crippen molar-refractivity contribution in [2.75, 3.05) is 13.1 Å². The summed E-state index contributed by atoms with van der Waals surface area (Å²) in [7, 11) is 0. The van der Waals surface area contributed by atoms with Gasteiger partial charge in [0.25, 0.3) is 5.56 Å². The van der Waals surface area contributed by atoms with Crippen LogP contribution in [0.25, 0.3) is 0 Å². The Balaban J connectivity index is 1.70. The van der Waals surface area contributed by atoms with Crippen molar-refractivity contribution in [3.8, 4) is 0 Å². The molecule has 3 rings (SSSR count). The second-order valence-electron chi connectivity index (χ2n) is 8.42. The van der Waals surface area contributed by atoms with Gasteiger partial charge in [-0.05, 0) is 37.0 Å². The number of aromatic amines is 2. The van der Waals surface area contributed by atoms with E-state index in [4.69, 9.17) is 0 Å². The molecule has 0 aromatic carbocycles. The first-order valence-corrected chi connectivity index (χ1v) is 8.86. The van der Waals surface area contributed by atoms with Crippen molar-refractivity contribution in [2.24, 2.45) is 17.3 Å². The summed E-state index contributed by atoms with van der Waals surface area (Å²) in [5.74, 6) is 0.952. The number of nitrogens with one attached hydrogen (secondary N) is 2. The number of carbonyl (C=O) groups is 1. The molecule has 1 aliphatic heterocycles. The van der Waals surface area contributed by atoms with Crippen molar-refractivity contribution < 1.29 is 4.79 Å². The van der Waals surface area contributed by atoms with E-state index in [1.807, 2.05) is 4.90 Å². The van der Waals surface area contributed by atoms with Crippen LogP contribution in [0, 0.1) is 17.3 Å². The number of aromatic nitrogens is 2. The molecule has 1 aliphatic carbocycles. The number of carbonyl (C=O) groups excluding carboxylic acids is 1. The molecule has 3 unspecified atom stereocenters. The molecule has 1 saturated carbocycles. The molecule has 2 heterocycles. The van der Waals surface area contributed by atoms with Crippen LogP contribution in [0.1, 0.15) is 58.1 Å². The topological polar surface area (TPSA) is 86.0 Å². The molecule has 24 heavy (non-hydrogen) atoms. The largest absolute Gasteiger partial charge is 0.342 e. The van der Waals surface area contributed by atoms with Gasteiger partial charge in [0.05, 0.1) is 0 Å². The second kappa shape index (κ2) is 6.22. The van der Waals surface area contributed by atoms with E-state index in [-0.39, 0.29) is 28.7 Å². The van der Waals surface area contributed by atoms with Gasteiger partial charge in [-0.3, -0.25) is 14.6 Å². The first-order valence-electron chi connectivity index (χ1n) is 8.86. The monoisotopic (exact) mass is 333 g/mol. The zero-order valence-electron chi connectivity index (χ0n) is 14.7. The molecule has 1 aromatic heterocycles. The summed E-state index contributed by atoms with van der Waals surface area (Å²) < 4.78 is 0. The summed E-state index contributed by atoms with van der Waals surface area (Å²) in [5, 5.41) is 0. The van der Waals surface area contributed by atoms with Crippen LogP contribution in [0.15, 0.2) is 15.7 Å². The van der Waals surface area contributed by atoms with Gasteiger partial charge < -0.3 is 9.88 Å². The van der Waals surface area contributed by atoms with Crippen LogP contribution in [-0.2, 0) is 4.79 Å². The maximum Gasteiger partial charge on any atom is 0.325 e. The van der Waals surface area contributed by atoms with Gasteiger partial charge in [-0.2, -0.15) is 0 Å². The molecule has 2 aliphatic rings. The van der Waals surface area contributed by atoms with Gasteiger partial charge in [0.15, 0.2) is 0 Å². The summed E-state index contributed by atoms with van der Waals surface area (Å²) in [5.41, 5.74) is -0.0161. The van der Waals surface area contributed by atoms with E-state index in [2.05, 4.69) is 30.7 Å². The Morgan fingerprint density at radius 1 is 1.25 bits per heavy atom. The Labute approximate surface area is 141 Å². The third-order valence-electron chi connectivity index (χ3n) is 5.46. The summed E-state index contributed by atoms with van der Waals surface area (Å²) in [6.45, 7) is 8.01. The van der Waals surface area contributed by atoms with Crippen molar-refractivity contribution in [3.63, 3.8) is 0 Å². The molecule has 1 aromatic rings. The molecule has 6 heteroatoms. The van der Waals surface area contributed by atoms with Gasteiger partial charge in [-0.1, -0.05) is 20.8 Å². The van der Waals surface area contributed by atoms with E-state index >= 15 is 0 Å². The Hall–Kier alpha value is -1.85. The number of nitrogens with zero attached hydrogens (tertiary/aromatic N) is 1. The Kier molecular flexibility index (Phi) is 4.40. The highest BCUT2D eigenvalue weighted by Crippen LogP contribution is 2.42. The van der Waals surface area contributed by atoms with Crippen LogP contribution in [0.2, 0.25) is 0 Å². The summed E-state index contributed by atoms with van der Waals surface area (Å²) in [4.78, 5) is 42.7. The maximum atomic E-state index is 12.9. The number of hydrogen-bond acceptors (Lipinski definition) is 3. The average Bonchev–Trinajstić information content (AvgIpc) is 2.93. The molecule has 0 bridgehead atoms. The quantitative estimate of drug-likeness (QED) is 0.866. The third kappa shape index (κ3) is 3.62. The highest BCUT2D eigenvalue weighted by Gasteiger charge is 2.39. The van der Waals surface area contributed by atoms with Crippen LogP contribution >= 0.6 is 0 Å². The average molecular weight is 333 g/mol. The molecule has 3 atom stereocenters. The van der Waals surface area contributed by atoms with Crippen LogP contribution < -0.4 is 11.2 Å². The zero-order valence-corrected chi connectivity index (χ0v) is 14.7. The summed E-state index contributed by atoms with van der Waals surface area (Å²) in [6, 6.07) is 1.44. The van der Waals surface area contributed by atoms with E-state index in [9.17, 15) is 14.4 Å². The van der Waals surface area contributed by atoms with Crippen molar-refractivity contribution >= 4 is 5.91 Å². The number of amides is 1. The van der Waals surface area contributed by atoms with Crippen LogP contribution in [0.4, 0.5) is 0 Å². The maximum absolute atomic E-state index is 12.9. The van der Waals surface area contributed by atoms with E-state index < -0.39 is 5.69 Å². The number of hydrogen-bond donors (Lipinski definition) is 2. The van der Waals surface area contributed by atoms with Gasteiger partial charge >= 0.3 is 5.69 Å². The lowest BCUT2D eigenvalue weighted by atomic mass is 9.67. The van der Waals surface area contributed by atoms with Gasteiger partial charge in [-0.25, -0.2) is 4.79 Å². The molecule has 0 spiro atoms. The Morgan fingerprint density at radius 2 is 2.00 bits per heavy atom. The van der Waals surface area contributed by atoms with Crippen molar-refractivity contribution in [3.05, 3.63) is 32.6 Å².